The van der Waals surface area contributed by atoms with Gasteiger partial charge in [-0.15, -0.1) is 11.6 Å². The molecule has 1 fully saturated rings. The zero-order chi connectivity index (χ0) is 13.9. The predicted octanol–water partition coefficient (Wildman–Crippen LogP) is 2.62. The second-order valence-corrected chi connectivity index (χ2v) is 6.12. The Bertz CT molecular complexity index is 430. The van der Waals surface area contributed by atoms with Gasteiger partial charge in [-0.3, -0.25) is 4.68 Å². The highest BCUT2D eigenvalue weighted by atomic mass is 79.9. The van der Waals surface area contributed by atoms with E-state index in [0.29, 0.717) is 5.88 Å². The molecule has 0 spiro atoms. The van der Waals surface area contributed by atoms with Gasteiger partial charge in [0.2, 0.25) is 0 Å². The van der Waals surface area contributed by atoms with Crippen LogP contribution in [0, 0.1) is 0 Å². The van der Waals surface area contributed by atoms with E-state index in [1.807, 2.05) is 11.7 Å². The summed E-state index contributed by atoms with van der Waals surface area (Å²) in [7, 11) is 1.98. The minimum Gasteiger partial charge on any atom is -0.381 e. The van der Waals surface area contributed by atoms with Gasteiger partial charge in [-0.05, 0) is 35.2 Å². The summed E-state index contributed by atoms with van der Waals surface area (Å²) < 4.78 is 8.48. The fourth-order valence-electron chi connectivity index (χ4n) is 2.40. The van der Waals surface area contributed by atoms with Crippen LogP contribution in [0.4, 0.5) is 0 Å². The van der Waals surface area contributed by atoms with Gasteiger partial charge in [-0.25, -0.2) is 0 Å². The van der Waals surface area contributed by atoms with Crippen molar-refractivity contribution in [3.8, 4) is 0 Å². The van der Waals surface area contributed by atoms with Crippen molar-refractivity contribution in [2.75, 3.05) is 19.1 Å². The number of alkyl halides is 1. The first-order valence-electron chi connectivity index (χ1n) is 6.71. The molecule has 1 aromatic rings. The minimum atomic E-state index is -0.00407. The van der Waals surface area contributed by atoms with Crippen molar-refractivity contribution < 1.29 is 4.74 Å². The molecule has 0 amide bonds. The normalized spacial score (nSPS) is 18.7. The van der Waals surface area contributed by atoms with E-state index in [2.05, 4.69) is 33.3 Å². The zero-order valence-electron chi connectivity index (χ0n) is 11.5. The van der Waals surface area contributed by atoms with Gasteiger partial charge in [-0.2, -0.15) is 5.10 Å². The summed E-state index contributed by atoms with van der Waals surface area (Å²) in [5, 5.41) is 8.13. The molecule has 0 unspecified atom stereocenters. The van der Waals surface area contributed by atoms with E-state index in [1.165, 1.54) is 5.69 Å². The molecule has 108 valence electrons. The molecule has 0 radical (unpaired) electrons. The SMILES string of the molecule is CCc1nn(C)c(CNC2(CCl)CCOCC2)c1Br. The quantitative estimate of drug-likeness (QED) is 0.830. The van der Waals surface area contributed by atoms with Gasteiger partial charge in [0.1, 0.15) is 0 Å². The summed E-state index contributed by atoms with van der Waals surface area (Å²) in [5.74, 6) is 0.618. The highest BCUT2D eigenvalue weighted by Gasteiger charge is 2.31. The highest BCUT2D eigenvalue weighted by Crippen LogP contribution is 2.25. The average Bonchev–Trinajstić information content (AvgIpc) is 2.72. The molecule has 1 aliphatic rings. The summed E-state index contributed by atoms with van der Waals surface area (Å²) in [4.78, 5) is 0. The second kappa shape index (κ2) is 6.57. The number of nitrogens with one attached hydrogen (secondary N) is 1. The smallest absolute Gasteiger partial charge is 0.0767 e. The Kier molecular flexibility index (Phi) is 5.29. The molecule has 0 aromatic carbocycles. The highest BCUT2D eigenvalue weighted by molar-refractivity contribution is 9.10. The molecule has 1 saturated heterocycles. The molecular formula is C13H21BrClN3O. The van der Waals surface area contributed by atoms with Gasteiger partial charge in [0.15, 0.2) is 0 Å². The van der Waals surface area contributed by atoms with Gasteiger partial charge in [0, 0.05) is 38.2 Å². The van der Waals surface area contributed by atoms with Crippen LogP contribution in [0.25, 0.3) is 0 Å². The van der Waals surface area contributed by atoms with E-state index in [4.69, 9.17) is 16.3 Å². The first-order chi connectivity index (χ1) is 9.12. The molecule has 2 rings (SSSR count). The number of aryl methyl sites for hydroxylation is 2. The zero-order valence-corrected chi connectivity index (χ0v) is 13.9. The first kappa shape index (κ1) is 15.3. The molecule has 1 aliphatic heterocycles. The van der Waals surface area contributed by atoms with E-state index in [-0.39, 0.29) is 5.54 Å². The Morgan fingerprint density at radius 3 is 2.68 bits per heavy atom. The summed E-state index contributed by atoms with van der Waals surface area (Å²) >= 11 is 9.81. The fourth-order valence-corrected chi connectivity index (χ4v) is 3.52. The minimum absolute atomic E-state index is 0.00407. The number of rotatable bonds is 5. The monoisotopic (exact) mass is 349 g/mol. The molecule has 0 bridgehead atoms. The average molecular weight is 351 g/mol. The van der Waals surface area contributed by atoms with Crippen LogP contribution < -0.4 is 5.32 Å². The Labute approximate surface area is 128 Å². The molecular weight excluding hydrogens is 330 g/mol. The number of ether oxygens (including phenoxy) is 1. The second-order valence-electron chi connectivity index (χ2n) is 5.06. The summed E-state index contributed by atoms with van der Waals surface area (Å²) in [6, 6.07) is 0. The number of halogens is 2. The molecule has 0 aliphatic carbocycles. The molecule has 6 heteroatoms. The molecule has 2 heterocycles. The molecule has 19 heavy (non-hydrogen) atoms. The lowest BCUT2D eigenvalue weighted by Gasteiger charge is -2.36. The summed E-state index contributed by atoms with van der Waals surface area (Å²) in [5.41, 5.74) is 2.27. The summed E-state index contributed by atoms with van der Waals surface area (Å²) in [6.07, 6.45) is 2.86. The van der Waals surface area contributed by atoms with Crippen molar-refractivity contribution in [3.63, 3.8) is 0 Å². The number of hydrogen-bond donors (Lipinski definition) is 1. The van der Waals surface area contributed by atoms with Crippen LogP contribution in [0.1, 0.15) is 31.2 Å². The van der Waals surface area contributed by atoms with E-state index in [9.17, 15) is 0 Å². The van der Waals surface area contributed by atoms with Gasteiger partial charge in [0.05, 0.1) is 15.9 Å². The van der Waals surface area contributed by atoms with E-state index < -0.39 is 0 Å². The van der Waals surface area contributed by atoms with Crippen LogP contribution in [0.3, 0.4) is 0 Å². The predicted molar refractivity (Wildman–Crippen MR) is 80.6 cm³/mol. The van der Waals surface area contributed by atoms with Crippen LogP contribution >= 0.6 is 27.5 Å². The standard InChI is InChI=1S/C13H21BrClN3O/c1-3-10-12(14)11(18(2)17-10)8-16-13(9-15)4-6-19-7-5-13/h16H,3-9H2,1-2H3. The third-order valence-electron chi connectivity index (χ3n) is 3.84. The van der Waals surface area contributed by atoms with Gasteiger partial charge in [0.25, 0.3) is 0 Å². The van der Waals surface area contributed by atoms with Crippen molar-refractivity contribution in [3.05, 3.63) is 15.9 Å². The lowest BCUT2D eigenvalue weighted by atomic mass is 9.92. The van der Waals surface area contributed by atoms with Crippen molar-refractivity contribution >= 4 is 27.5 Å². The van der Waals surface area contributed by atoms with Crippen molar-refractivity contribution in [2.45, 2.75) is 38.3 Å². The first-order valence-corrected chi connectivity index (χ1v) is 8.03. The lowest BCUT2D eigenvalue weighted by molar-refractivity contribution is 0.0456. The maximum Gasteiger partial charge on any atom is 0.0767 e. The van der Waals surface area contributed by atoms with E-state index in [1.54, 1.807) is 0 Å². The van der Waals surface area contributed by atoms with Gasteiger partial charge < -0.3 is 10.1 Å². The Morgan fingerprint density at radius 1 is 1.47 bits per heavy atom. The van der Waals surface area contributed by atoms with Crippen LogP contribution in [0.5, 0.6) is 0 Å². The van der Waals surface area contributed by atoms with Crippen LogP contribution in [0.15, 0.2) is 4.47 Å². The maximum atomic E-state index is 6.16. The van der Waals surface area contributed by atoms with E-state index >= 15 is 0 Å². The Balaban J connectivity index is 2.07. The van der Waals surface area contributed by atoms with Crippen molar-refractivity contribution in [1.82, 2.24) is 15.1 Å². The van der Waals surface area contributed by atoms with E-state index in [0.717, 1.165) is 49.2 Å². The third-order valence-corrected chi connectivity index (χ3v) is 5.27. The van der Waals surface area contributed by atoms with Crippen LogP contribution in [-0.4, -0.2) is 34.4 Å². The Morgan fingerprint density at radius 2 is 2.16 bits per heavy atom. The van der Waals surface area contributed by atoms with Gasteiger partial charge in [-0.1, -0.05) is 6.92 Å². The van der Waals surface area contributed by atoms with Gasteiger partial charge >= 0.3 is 0 Å². The third kappa shape index (κ3) is 3.32. The van der Waals surface area contributed by atoms with Crippen LogP contribution in [-0.2, 0) is 24.8 Å². The number of nitrogens with zero attached hydrogens (tertiary/aromatic N) is 2. The van der Waals surface area contributed by atoms with Crippen molar-refractivity contribution in [1.29, 1.82) is 0 Å². The molecule has 0 saturated carbocycles. The maximum absolute atomic E-state index is 6.16. The molecule has 0 atom stereocenters. The lowest BCUT2D eigenvalue weighted by Crippen LogP contribution is -2.50. The van der Waals surface area contributed by atoms with Crippen LogP contribution in [0.2, 0.25) is 0 Å². The Hall–Kier alpha value is -0.100. The largest absolute Gasteiger partial charge is 0.381 e. The molecule has 1 aromatic heterocycles. The van der Waals surface area contributed by atoms with Crippen molar-refractivity contribution in [2.24, 2.45) is 7.05 Å². The number of aromatic nitrogens is 2. The molecule has 1 N–H and O–H groups in total. The molecule has 4 nitrogen and oxygen atoms in total. The summed E-state index contributed by atoms with van der Waals surface area (Å²) in [6.45, 7) is 4.46. The fraction of sp³-hybridized carbons (Fsp3) is 0.769. The number of hydrogen-bond acceptors (Lipinski definition) is 3. The topological polar surface area (TPSA) is 39.1 Å².